The largest absolute Gasteiger partial charge is 0.497 e. The summed E-state index contributed by atoms with van der Waals surface area (Å²) in [6, 6.07) is 37.6. The van der Waals surface area contributed by atoms with Crippen LogP contribution in [0.15, 0.2) is 115 Å². The molecular formula is C41H48O9Si. The lowest BCUT2D eigenvalue weighted by Crippen LogP contribution is -2.68. The molecule has 5 rings (SSSR count). The Balaban J connectivity index is 1.54. The highest BCUT2D eigenvalue weighted by Gasteiger charge is 2.54. The molecule has 51 heavy (non-hydrogen) atoms. The van der Waals surface area contributed by atoms with Gasteiger partial charge in [0, 0.05) is 13.8 Å². The number of carbonyl (C=O) groups is 2. The van der Waals surface area contributed by atoms with E-state index in [1.165, 1.54) is 13.8 Å². The van der Waals surface area contributed by atoms with Crippen molar-refractivity contribution in [2.24, 2.45) is 0 Å². The summed E-state index contributed by atoms with van der Waals surface area (Å²) in [5.41, 5.74) is 1.75. The Morgan fingerprint density at radius 1 is 0.647 bits per heavy atom. The van der Waals surface area contributed by atoms with E-state index in [9.17, 15) is 9.59 Å². The van der Waals surface area contributed by atoms with Gasteiger partial charge < -0.3 is 32.8 Å². The number of ether oxygens (including phenoxy) is 6. The van der Waals surface area contributed by atoms with Gasteiger partial charge in [-0.2, -0.15) is 0 Å². The minimum absolute atomic E-state index is 0.0133. The summed E-state index contributed by atoms with van der Waals surface area (Å²) >= 11 is 0. The number of benzene rings is 4. The van der Waals surface area contributed by atoms with Crippen molar-refractivity contribution >= 4 is 30.6 Å². The molecule has 1 fully saturated rings. The van der Waals surface area contributed by atoms with Crippen LogP contribution in [0.25, 0.3) is 0 Å². The summed E-state index contributed by atoms with van der Waals surface area (Å²) in [5, 5.41) is 1.83. The number of hydrogen-bond donors (Lipinski definition) is 0. The van der Waals surface area contributed by atoms with Crippen LogP contribution in [-0.4, -0.2) is 64.7 Å². The van der Waals surface area contributed by atoms with Gasteiger partial charge in [0.05, 0.1) is 26.9 Å². The predicted octanol–water partition coefficient (Wildman–Crippen LogP) is 5.96. The molecule has 5 atom stereocenters. The Morgan fingerprint density at radius 3 is 1.63 bits per heavy atom. The number of carbonyl (C=O) groups excluding carboxylic acids is 2. The van der Waals surface area contributed by atoms with Crippen LogP contribution in [0.4, 0.5) is 0 Å². The highest BCUT2D eigenvalue weighted by atomic mass is 28.4. The van der Waals surface area contributed by atoms with Crippen LogP contribution >= 0.6 is 0 Å². The van der Waals surface area contributed by atoms with E-state index in [-0.39, 0.29) is 24.9 Å². The first-order valence-electron chi connectivity index (χ1n) is 17.2. The first-order chi connectivity index (χ1) is 24.5. The normalized spacial score (nSPS) is 20.7. The average Bonchev–Trinajstić information content (AvgIpc) is 3.12. The Hall–Kier alpha value is -4.32. The van der Waals surface area contributed by atoms with Crippen LogP contribution in [0.2, 0.25) is 5.04 Å². The van der Waals surface area contributed by atoms with Crippen molar-refractivity contribution in [3.63, 3.8) is 0 Å². The molecule has 4 aromatic rings. The fraction of sp³-hybridized carbons (Fsp3) is 0.366. The highest BCUT2D eigenvalue weighted by Crippen LogP contribution is 2.38. The molecule has 9 nitrogen and oxygen atoms in total. The maximum Gasteiger partial charge on any atom is 0.305 e. The van der Waals surface area contributed by atoms with Crippen LogP contribution < -0.4 is 15.1 Å². The molecule has 270 valence electrons. The molecule has 0 bridgehead atoms. The third-order valence-corrected chi connectivity index (χ3v) is 13.9. The van der Waals surface area contributed by atoms with Crippen molar-refractivity contribution in [1.29, 1.82) is 0 Å². The summed E-state index contributed by atoms with van der Waals surface area (Å²) in [7, 11) is -1.44. The van der Waals surface area contributed by atoms with Gasteiger partial charge >= 0.3 is 11.9 Å². The van der Waals surface area contributed by atoms with E-state index in [2.05, 4.69) is 45.0 Å². The Labute approximate surface area is 301 Å². The molecule has 1 heterocycles. The lowest BCUT2D eigenvalue weighted by atomic mass is 9.98. The third-order valence-electron chi connectivity index (χ3n) is 8.94. The lowest BCUT2D eigenvalue weighted by Gasteiger charge is -2.47. The molecule has 10 heteroatoms. The zero-order chi connectivity index (χ0) is 36.4. The first-order valence-corrected chi connectivity index (χ1v) is 19.1. The van der Waals surface area contributed by atoms with Gasteiger partial charge in [0.1, 0.15) is 18.0 Å². The van der Waals surface area contributed by atoms with E-state index in [1.54, 1.807) is 7.11 Å². The monoisotopic (exact) mass is 712 g/mol. The zero-order valence-electron chi connectivity index (χ0n) is 30.2. The molecule has 0 spiro atoms. The van der Waals surface area contributed by atoms with Gasteiger partial charge in [-0.05, 0) is 38.7 Å². The zero-order valence-corrected chi connectivity index (χ0v) is 31.2. The van der Waals surface area contributed by atoms with Gasteiger partial charge in [0.25, 0.3) is 8.32 Å². The number of rotatable bonds is 14. The minimum Gasteiger partial charge on any atom is -0.497 e. The second kappa shape index (κ2) is 17.3. The number of esters is 2. The first kappa shape index (κ1) is 37.9. The van der Waals surface area contributed by atoms with E-state index in [0.717, 1.165) is 21.5 Å². The molecule has 1 aliphatic rings. The van der Waals surface area contributed by atoms with Gasteiger partial charge in [-0.3, -0.25) is 9.59 Å². The second-order valence-corrected chi connectivity index (χ2v) is 17.9. The van der Waals surface area contributed by atoms with Gasteiger partial charge in [0.15, 0.2) is 12.2 Å². The average molecular weight is 713 g/mol. The fourth-order valence-corrected chi connectivity index (χ4v) is 11.2. The smallest absolute Gasteiger partial charge is 0.305 e. The molecule has 0 radical (unpaired) electrons. The van der Waals surface area contributed by atoms with Gasteiger partial charge in [0.2, 0.25) is 6.29 Å². The van der Waals surface area contributed by atoms with Crippen LogP contribution in [0, 0.1) is 0 Å². The second-order valence-electron chi connectivity index (χ2n) is 13.6. The van der Waals surface area contributed by atoms with Crippen LogP contribution in [0.1, 0.15) is 45.7 Å². The fourth-order valence-electron chi connectivity index (χ4n) is 6.62. The van der Waals surface area contributed by atoms with Gasteiger partial charge in [-0.15, -0.1) is 0 Å². The number of hydrogen-bond acceptors (Lipinski definition) is 9. The van der Waals surface area contributed by atoms with Crippen LogP contribution in [0.3, 0.4) is 0 Å². The lowest BCUT2D eigenvalue weighted by molar-refractivity contribution is -0.312. The summed E-state index contributed by atoms with van der Waals surface area (Å²) in [5.74, 6) is -0.370. The van der Waals surface area contributed by atoms with Crippen molar-refractivity contribution in [2.75, 3.05) is 13.7 Å². The predicted molar refractivity (Wildman–Crippen MR) is 196 cm³/mol. The Bertz CT molecular complexity index is 1640. The Morgan fingerprint density at radius 2 is 1.14 bits per heavy atom. The van der Waals surface area contributed by atoms with Crippen LogP contribution in [0.5, 0.6) is 5.75 Å². The molecule has 0 saturated carbocycles. The minimum atomic E-state index is -3.04. The Kier molecular flexibility index (Phi) is 12.8. The molecule has 1 unspecified atom stereocenters. The molecule has 1 aliphatic heterocycles. The van der Waals surface area contributed by atoms with Crippen molar-refractivity contribution in [3.05, 3.63) is 126 Å². The van der Waals surface area contributed by atoms with E-state index in [1.807, 2.05) is 91.0 Å². The SMILES string of the molecule is COc1ccc(CO[C@@H]2C(OC(C)=O)O[C@@H](CO[Si](c3ccccc3)(c3ccccc3)C(C)(C)C)[C@H](OC(C)=O)[C@H]2OCc2ccccc2)cc1. The van der Waals surface area contributed by atoms with E-state index >= 15 is 0 Å². The number of methoxy groups -OCH3 is 1. The molecule has 0 aromatic heterocycles. The summed E-state index contributed by atoms with van der Waals surface area (Å²) in [6.45, 7) is 9.54. The quantitative estimate of drug-likeness (QED) is 0.116. The van der Waals surface area contributed by atoms with E-state index in [0.29, 0.717) is 5.75 Å². The molecule has 0 aliphatic carbocycles. The van der Waals surface area contributed by atoms with Crippen LogP contribution in [-0.2, 0) is 50.9 Å². The maximum atomic E-state index is 12.8. The van der Waals surface area contributed by atoms with Gasteiger partial charge in [-0.1, -0.05) is 124 Å². The summed E-state index contributed by atoms with van der Waals surface area (Å²) in [6.07, 6.45) is -4.92. The van der Waals surface area contributed by atoms with Crippen molar-refractivity contribution in [1.82, 2.24) is 0 Å². The van der Waals surface area contributed by atoms with E-state index in [4.69, 9.17) is 32.8 Å². The summed E-state index contributed by atoms with van der Waals surface area (Å²) < 4.78 is 44.0. The highest BCUT2D eigenvalue weighted by molar-refractivity contribution is 6.99. The van der Waals surface area contributed by atoms with E-state index < -0.39 is 51.0 Å². The topological polar surface area (TPSA) is 98.8 Å². The third kappa shape index (κ3) is 9.32. The van der Waals surface area contributed by atoms with Crippen molar-refractivity contribution in [3.8, 4) is 5.75 Å². The van der Waals surface area contributed by atoms with Crippen molar-refractivity contribution in [2.45, 2.75) is 83.6 Å². The summed E-state index contributed by atoms with van der Waals surface area (Å²) in [4.78, 5) is 25.3. The molecule has 0 N–H and O–H groups in total. The molecule has 0 amide bonds. The molecule has 1 saturated heterocycles. The maximum absolute atomic E-state index is 12.8. The van der Waals surface area contributed by atoms with Crippen molar-refractivity contribution < 1.29 is 42.4 Å². The molecule has 4 aromatic carbocycles. The molecular weight excluding hydrogens is 665 g/mol. The van der Waals surface area contributed by atoms with Gasteiger partial charge in [-0.25, -0.2) is 0 Å². The standard InChI is InChI=1S/C41H48O9Si/c1-29(42)48-37-36(28-47-51(41(3,4)5,34-18-12-8-13-19-34)35-20-14-9-15-21-35)50-40(49-30(2)43)39(38(37)45-26-31-16-10-7-11-17-31)46-27-32-22-24-33(44-6)25-23-32/h7-25,36-40H,26-28H2,1-6H3/t36-,37-,38+,39-,40?/m0/s1.